The number of hydrogen-bond acceptors (Lipinski definition) is 8. The van der Waals surface area contributed by atoms with Gasteiger partial charge in [0.1, 0.15) is 24.6 Å². The number of carbonyl (C=O) groups excluding carboxylic acids is 1. The molecular formula is C23H26N6O3. The largest absolute Gasteiger partial charge is 0.493 e. The van der Waals surface area contributed by atoms with Crippen molar-refractivity contribution >= 4 is 28.9 Å². The number of carbonyl (C=O) groups is 1. The van der Waals surface area contributed by atoms with E-state index >= 15 is 0 Å². The van der Waals surface area contributed by atoms with Crippen molar-refractivity contribution < 1.29 is 14.3 Å². The number of nitrogens with zero attached hydrogens (tertiary/aromatic N) is 3. The lowest BCUT2D eigenvalue weighted by molar-refractivity contribution is -0.122. The van der Waals surface area contributed by atoms with Gasteiger partial charge < -0.3 is 25.4 Å². The van der Waals surface area contributed by atoms with E-state index < -0.39 is 0 Å². The van der Waals surface area contributed by atoms with E-state index in [0.717, 1.165) is 16.9 Å². The van der Waals surface area contributed by atoms with Gasteiger partial charge in [0.15, 0.2) is 11.5 Å². The first kappa shape index (κ1) is 21.4. The maximum Gasteiger partial charge on any atom is 0.234 e. The lowest BCUT2D eigenvalue weighted by atomic mass is 10.2. The van der Waals surface area contributed by atoms with Crippen molar-refractivity contribution in [3.05, 3.63) is 60.4 Å². The lowest BCUT2D eigenvalue weighted by Gasteiger charge is -2.17. The van der Waals surface area contributed by atoms with Gasteiger partial charge in [-0.15, -0.1) is 0 Å². The first-order chi connectivity index (χ1) is 15.6. The Morgan fingerprint density at radius 3 is 2.56 bits per heavy atom. The number of methoxy groups -OCH3 is 1. The van der Waals surface area contributed by atoms with Gasteiger partial charge in [-0.2, -0.15) is 0 Å². The molecule has 9 heteroatoms. The molecule has 1 aromatic heterocycles. The van der Waals surface area contributed by atoms with Gasteiger partial charge in [-0.1, -0.05) is 12.1 Å². The van der Waals surface area contributed by atoms with Crippen molar-refractivity contribution in [3.63, 3.8) is 0 Å². The highest BCUT2D eigenvalue weighted by Crippen LogP contribution is 2.31. The molecule has 1 aliphatic heterocycles. The van der Waals surface area contributed by atoms with Crippen LogP contribution in [0.4, 0.5) is 23.0 Å². The molecule has 4 rings (SSSR count). The predicted octanol–water partition coefficient (Wildman–Crippen LogP) is 2.91. The normalized spacial score (nSPS) is 15.0. The summed E-state index contributed by atoms with van der Waals surface area (Å²) in [6, 6.07) is 15.4. The molecule has 0 saturated heterocycles. The van der Waals surface area contributed by atoms with Crippen LogP contribution in [0.1, 0.15) is 5.56 Å². The molecular weight excluding hydrogens is 408 g/mol. The van der Waals surface area contributed by atoms with Crippen LogP contribution >= 0.6 is 0 Å². The van der Waals surface area contributed by atoms with Gasteiger partial charge in [-0.3, -0.25) is 9.69 Å². The van der Waals surface area contributed by atoms with Crippen molar-refractivity contribution in [2.75, 3.05) is 44.5 Å². The van der Waals surface area contributed by atoms with Crippen molar-refractivity contribution in [2.45, 2.75) is 6.54 Å². The first-order valence-corrected chi connectivity index (χ1v) is 10.3. The Hall–Kier alpha value is -3.85. The number of hydrogen-bond donors (Lipinski definition) is 3. The van der Waals surface area contributed by atoms with E-state index in [1.807, 2.05) is 60.5 Å². The predicted molar refractivity (Wildman–Crippen MR) is 123 cm³/mol. The fourth-order valence-corrected chi connectivity index (χ4v) is 3.42. The Morgan fingerprint density at radius 1 is 1.00 bits per heavy atom. The second-order valence-electron chi connectivity index (χ2n) is 7.48. The Balaban J connectivity index is 1.63. The molecule has 0 radical (unpaired) electrons. The molecule has 0 aliphatic carbocycles. The Labute approximate surface area is 186 Å². The van der Waals surface area contributed by atoms with Crippen LogP contribution in [0.3, 0.4) is 0 Å². The molecule has 9 nitrogen and oxygen atoms in total. The zero-order chi connectivity index (χ0) is 22.3. The standard InChI is InChI=1S/C23H26N6O3/c1-29-13-16-4-3-5-17(10-16)27-21-12-22(26-15-25-21)28-18-6-7-19(31-2)20(11-18)32-9-8-24-23(30)14-29/h3-7,10-12,15H,8-9,13-14H2,1-2H3,(H,24,30)(H2,25,26,27,28). The zero-order valence-electron chi connectivity index (χ0n) is 18.1. The van der Waals surface area contributed by atoms with Gasteiger partial charge in [-0.25, -0.2) is 9.97 Å². The first-order valence-electron chi connectivity index (χ1n) is 10.3. The molecule has 3 aromatic rings. The summed E-state index contributed by atoms with van der Waals surface area (Å²) in [5.41, 5.74) is 2.78. The number of benzene rings is 2. The summed E-state index contributed by atoms with van der Waals surface area (Å²) in [5.74, 6) is 2.42. The third-order valence-electron chi connectivity index (χ3n) is 4.85. The number of amides is 1. The number of fused-ring (bicyclic) bond motifs is 6. The molecule has 0 fully saturated rings. The second kappa shape index (κ2) is 9.97. The van der Waals surface area contributed by atoms with Crippen LogP contribution in [0.25, 0.3) is 0 Å². The van der Waals surface area contributed by atoms with E-state index in [1.165, 1.54) is 6.33 Å². The monoisotopic (exact) mass is 434 g/mol. The van der Waals surface area contributed by atoms with Gasteiger partial charge in [0.25, 0.3) is 0 Å². The average molecular weight is 435 g/mol. The average Bonchev–Trinajstić information content (AvgIpc) is 2.77. The van der Waals surface area contributed by atoms with E-state index in [4.69, 9.17) is 9.47 Å². The van der Waals surface area contributed by atoms with Crippen LogP contribution in [0.2, 0.25) is 0 Å². The Kier molecular flexibility index (Phi) is 6.66. The SMILES string of the molecule is COc1ccc2cc1OCCNC(=O)CN(C)Cc1cccc(c1)Nc1cc(ncn1)N2. The maximum atomic E-state index is 12.3. The van der Waals surface area contributed by atoms with E-state index in [1.54, 1.807) is 7.11 Å². The van der Waals surface area contributed by atoms with E-state index in [9.17, 15) is 4.79 Å². The topological polar surface area (TPSA) is 101 Å². The summed E-state index contributed by atoms with van der Waals surface area (Å²) in [6.45, 7) is 1.63. The molecule has 0 spiro atoms. The molecule has 2 aromatic carbocycles. The molecule has 0 atom stereocenters. The smallest absolute Gasteiger partial charge is 0.234 e. The maximum absolute atomic E-state index is 12.3. The number of likely N-dealkylation sites (N-methyl/N-ethyl adjacent to an activating group) is 1. The summed E-state index contributed by atoms with van der Waals surface area (Å²) in [7, 11) is 3.50. The zero-order valence-corrected chi connectivity index (χ0v) is 18.1. The molecule has 1 amide bonds. The summed E-state index contributed by atoms with van der Waals surface area (Å²) in [4.78, 5) is 22.9. The minimum absolute atomic E-state index is 0.0584. The van der Waals surface area contributed by atoms with Crippen LogP contribution < -0.4 is 25.4 Å². The highest BCUT2D eigenvalue weighted by Gasteiger charge is 2.11. The minimum Gasteiger partial charge on any atom is -0.493 e. The van der Waals surface area contributed by atoms with Gasteiger partial charge in [0.05, 0.1) is 20.2 Å². The van der Waals surface area contributed by atoms with Crippen LogP contribution in [0.5, 0.6) is 11.5 Å². The number of anilines is 4. The molecule has 166 valence electrons. The second-order valence-corrected chi connectivity index (χ2v) is 7.48. The summed E-state index contributed by atoms with van der Waals surface area (Å²) < 4.78 is 11.3. The van der Waals surface area contributed by atoms with Gasteiger partial charge in [-0.05, 0) is 36.9 Å². The highest BCUT2D eigenvalue weighted by molar-refractivity contribution is 5.78. The molecule has 0 unspecified atom stereocenters. The fraction of sp³-hybridized carbons (Fsp3) is 0.261. The third kappa shape index (κ3) is 5.64. The van der Waals surface area contributed by atoms with Crippen molar-refractivity contribution in [2.24, 2.45) is 0 Å². The van der Waals surface area contributed by atoms with Crippen LogP contribution in [0.15, 0.2) is 54.9 Å². The summed E-state index contributed by atoms with van der Waals surface area (Å²) >= 11 is 0. The van der Waals surface area contributed by atoms with Crippen LogP contribution in [-0.4, -0.2) is 54.6 Å². The van der Waals surface area contributed by atoms with Crippen molar-refractivity contribution in [3.8, 4) is 11.5 Å². The van der Waals surface area contributed by atoms with E-state index in [-0.39, 0.29) is 12.5 Å². The molecule has 0 saturated carbocycles. The van der Waals surface area contributed by atoms with E-state index in [0.29, 0.717) is 42.8 Å². The van der Waals surface area contributed by atoms with Gasteiger partial charge in [0.2, 0.25) is 5.91 Å². The molecule has 32 heavy (non-hydrogen) atoms. The van der Waals surface area contributed by atoms with Crippen molar-refractivity contribution in [1.82, 2.24) is 20.2 Å². The number of rotatable bonds is 1. The molecule has 1 aliphatic rings. The van der Waals surface area contributed by atoms with Crippen LogP contribution in [-0.2, 0) is 11.3 Å². The Morgan fingerprint density at radius 2 is 1.78 bits per heavy atom. The molecule has 6 bridgehead atoms. The minimum atomic E-state index is -0.0584. The number of nitrogens with one attached hydrogen (secondary N) is 3. The Bertz CT molecular complexity index is 1090. The summed E-state index contributed by atoms with van der Waals surface area (Å²) in [6.07, 6.45) is 1.50. The highest BCUT2D eigenvalue weighted by atomic mass is 16.5. The fourth-order valence-electron chi connectivity index (χ4n) is 3.42. The van der Waals surface area contributed by atoms with Gasteiger partial charge in [0, 0.05) is 30.1 Å². The number of aromatic nitrogens is 2. The van der Waals surface area contributed by atoms with Gasteiger partial charge >= 0.3 is 0 Å². The third-order valence-corrected chi connectivity index (χ3v) is 4.85. The number of ether oxygens (including phenoxy) is 2. The summed E-state index contributed by atoms with van der Waals surface area (Å²) in [5, 5.41) is 9.47. The van der Waals surface area contributed by atoms with E-state index in [2.05, 4.69) is 25.9 Å². The quantitative estimate of drug-likeness (QED) is 0.538. The molecule has 3 N–H and O–H groups in total. The lowest BCUT2D eigenvalue weighted by Crippen LogP contribution is -2.36. The van der Waals surface area contributed by atoms with Crippen molar-refractivity contribution in [1.29, 1.82) is 0 Å². The van der Waals surface area contributed by atoms with Crippen LogP contribution in [0, 0.1) is 0 Å². The molecule has 2 heterocycles.